The smallest absolute Gasteiger partial charge is 0.213 e. The van der Waals surface area contributed by atoms with Gasteiger partial charge in [-0.3, -0.25) is 0 Å². The highest BCUT2D eigenvalue weighted by molar-refractivity contribution is 5.92. The topological polar surface area (TPSA) is 72.5 Å². The van der Waals surface area contributed by atoms with Crippen LogP contribution in [-0.4, -0.2) is 18.1 Å². The normalized spacial score (nSPS) is 12.7. The molecule has 2 rings (SSSR count). The maximum absolute atomic E-state index is 5.93. The van der Waals surface area contributed by atoms with Crippen molar-refractivity contribution in [3.8, 4) is 5.88 Å². The molecule has 1 atom stereocenters. The summed E-state index contributed by atoms with van der Waals surface area (Å²) in [6, 6.07) is 13.9. The van der Waals surface area contributed by atoms with E-state index in [9.17, 15) is 0 Å². The van der Waals surface area contributed by atoms with Gasteiger partial charge in [-0.05, 0) is 36.1 Å². The van der Waals surface area contributed by atoms with Crippen LogP contribution in [0.5, 0.6) is 5.88 Å². The Morgan fingerprint density at radius 3 is 2.65 bits per heavy atom. The summed E-state index contributed by atoms with van der Waals surface area (Å²) in [5.41, 5.74) is 8.99. The zero-order chi connectivity index (χ0) is 16.7. The molecule has 0 aliphatic heterocycles. The maximum Gasteiger partial charge on any atom is 0.213 e. The lowest BCUT2D eigenvalue weighted by Crippen LogP contribution is -2.22. The molecule has 2 aromatic rings. The van der Waals surface area contributed by atoms with Crippen molar-refractivity contribution in [1.82, 2.24) is 4.98 Å². The minimum Gasteiger partial charge on any atom is -0.481 e. The van der Waals surface area contributed by atoms with E-state index in [1.54, 1.807) is 13.2 Å². The number of ether oxygens (including phenoxy) is 1. The van der Waals surface area contributed by atoms with Crippen molar-refractivity contribution in [2.45, 2.75) is 32.7 Å². The van der Waals surface area contributed by atoms with Crippen LogP contribution in [0.15, 0.2) is 47.5 Å². The summed E-state index contributed by atoms with van der Waals surface area (Å²) in [5.74, 6) is 1.50. The van der Waals surface area contributed by atoms with Crippen LogP contribution in [-0.2, 0) is 6.54 Å². The number of anilines is 1. The molecule has 1 aromatic carbocycles. The van der Waals surface area contributed by atoms with Crippen LogP contribution in [0.2, 0.25) is 0 Å². The summed E-state index contributed by atoms with van der Waals surface area (Å²) in [4.78, 5) is 8.60. The molecule has 0 radical (unpaired) electrons. The van der Waals surface area contributed by atoms with E-state index in [0.29, 0.717) is 24.3 Å². The zero-order valence-corrected chi connectivity index (χ0v) is 13.9. The Hall–Kier alpha value is -2.56. The minimum atomic E-state index is 0.367. The first-order valence-corrected chi connectivity index (χ1v) is 7.79. The molecule has 3 N–H and O–H groups in total. The lowest BCUT2D eigenvalue weighted by Gasteiger charge is -2.10. The number of methoxy groups -OCH3 is 1. The highest BCUT2D eigenvalue weighted by Gasteiger charge is 2.03. The third-order valence-electron chi connectivity index (χ3n) is 3.77. The molecule has 0 amide bonds. The minimum absolute atomic E-state index is 0.367. The van der Waals surface area contributed by atoms with E-state index in [0.717, 1.165) is 17.8 Å². The van der Waals surface area contributed by atoms with Crippen LogP contribution in [0.1, 0.15) is 37.4 Å². The molecule has 0 fully saturated rings. The molecule has 5 heteroatoms. The summed E-state index contributed by atoms with van der Waals surface area (Å²) in [6.07, 6.45) is 1.13. The van der Waals surface area contributed by atoms with Crippen LogP contribution < -0.4 is 15.8 Å². The Morgan fingerprint density at radius 2 is 2.00 bits per heavy atom. The Bertz CT molecular complexity index is 652. The second-order valence-corrected chi connectivity index (χ2v) is 5.43. The Labute approximate surface area is 137 Å². The Morgan fingerprint density at radius 1 is 1.26 bits per heavy atom. The van der Waals surface area contributed by atoms with Crippen molar-refractivity contribution in [2.24, 2.45) is 10.7 Å². The van der Waals surface area contributed by atoms with Crippen molar-refractivity contribution in [2.75, 3.05) is 12.4 Å². The van der Waals surface area contributed by atoms with Gasteiger partial charge in [0.25, 0.3) is 0 Å². The average Bonchev–Trinajstić information content (AvgIpc) is 2.60. The number of benzene rings is 1. The lowest BCUT2D eigenvalue weighted by molar-refractivity contribution is 0.396. The number of hydrogen-bond donors (Lipinski definition) is 2. The van der Waals surface area contributed by atoms with E-state index in [4.69, 9.17) is 10.5 Å². The molecule has 23 heavy (non-hydrogen) atoms. The molecule has 0 aliphatic carbocycles. The van der Waals surface area contributed by atoms with Gasteiger partial charge in [0.2, 0.25) is 5.88 Å². The standard InChI is InChI=1S/C18H24N4O/c1-4-13(2)14-8-10-15(11-9-14)22-18(19)20-12-16-6-5-7-17(21-16)23-3/h5-11,13H,4,12H2,1-3H3,(H3,19,20,22). The number of aliphatic imine (C=N–C) groups is 1. The number of rotatable bonds is 6. The van der Waals surface area contributed by atoms with Gasteiger partial charge in [0, 0.05) is 11.8 Å². The zero-order valence-electron chi connectivity index (χ0n) is 13.9. The number of aromatic nitrogens is 1. The molecule has 5 nitrogen and oxygen atoms in total. The van der Waals surface area contributed by atoms with Crippen LogP contribution >= 0.6 is 0 Å². The summed E-state index contributed by atoms with van der Waals surface area (Å²) >= 11 is 0. The van der Waals surface area contributed by atoms with Crippen molar-refractivity contribution < 1.29 is 4.74 Å². The van der Waals surface area contributed by atoms with Crippen molar-refractivity contribution in [3.05, 3.63) is 53.7 Å². The van der Waals surface area contributed by atoms with Gasteiger partial charge in [-0.25, -0.2) is 9.98 Å². The highest BCUT2D eigenvalue weighted by Crippen LogP contribution is 2.20. The molecular weight excluding hydrogens is 288 g/mol. The van der Waals surface area contributed by atoms with Gasteiger partial charge in [0.1, 0.15) is 0 Å². The quantitative estimate of drug-likeness (QED) is 0.632. The second-order valence-electron chi connectivity index (χ2n) is 5.43. The third kappa shape index (κ3) is 4.98. The van der Waals surface area contributed by atoms with E-state index in [1.807, 2.05) is 24.3 Å². The number of nitrogens with two attached hydrogens (primary N) is 1. The van der Waals surface area contributed by atoms with Gasteiger partial charge in [-0.1, -0.05) is 32.0 Å². The van der Waals surface area contributed by atoms with Crippen molar-refractivity contribution in [1.29, 1.82) is 0 Å². The number of hydrogen-bond acceptors (Lipinski definition) is 3. The first-order chi connectivity index (χ1) is 11.1. The van der Waals surface area contributed by atoms with Crippen LogP contribution in [0.4, 0.5) is 5.69 Å². The molecule has 0 bridgehead atoms. The van der Waals surface area contributed by atoms with Gasteiger partial charge in [-0.2, -0.15) is 0 Å². The SMILES string of the molecule is CCC(C)c1ccc(NC(N)=NCc2cccc(OC)n2)cc1. The first kappa shape index (κ1) is 16.8. The fraction of sp³-hybridized carbons (Fsp3) is 0.333. The predicted octanol–water partition coefficient (Wildman–Crippen LogP) is 3.53. The van der Waals surface area contributed by atoms with Gasteiger partial charge in [0.05, 0.1) is 19.3 Å². The van der Waals surface area contributed by atoms with Crippen LogP contribution in [0.3, 0.4) is 0 Å². The maximum atomic E-state index is 5.93. The third-order valence-corrected chi connectivity index (χ3v) is 3.77. The molecular formula is C18H24N4O. The van der Waals surface area contributed by atoms with Gasteiger partial charge in [-0.15, -0.1) is 0 Å². The lowest BCUT2D eigenvalue weighted by atomic mass is 9.99. The summed E-state index contributed by atoms with van der Waals surface area (Å²) < 4.78 is 5.09. The number of nitrogens with one attached hydrogen (secondary N) is 1. The Balaban J connectivity index is 1.96. The summed E-state index contributed by atoms with van der Waals surface area (Å²) in [5, 5.41) is 3.09. The number of nitrogens with zero attached hydrogens (tertiary/aromatic N) is 2. The van der Waals surface area contributed by atoms with Crippen molar-refractivity contribution >= 4 is 11.6 Å². The molecule has 0 saturated heterocycles. The molecule has 122 valence electrons. The summed E-state index contributed by atoms with van der Waals surface area (Å²) in [6.45, 7) is 4.81. The fourth-order valence-electron chi connectivity index (χ4n) is 2.14. The van der Waals surface area contributed by atoms with E-state index in [-0.39, 0.29) is 0 Å². The molecule has 1 heterocycles. The van der Waals surface area contributed by atoms with Crippen molar-refractivity contribution in [3.63, 3.8) is 0 Å². The number of guanidine groups is 1. The largest absolute Gasteiger partial charge is 0.481 e. The van der Waals surface area contributed by atoms with E-state index in [2.05, 4.69) is 41.3 Å². The number of pyridine rings is 1. The Kier molecular flexibility index (Phi) is 5.97. The van der Waals surface area contributed by atoms with Gasteiger partial charge in [0.15, 0.2) is 5.96 Å². The average molecular weight is 312 g/mol. The van der Waals surface area contributed by atoms with Crippen LogP contribution in [0, 0.1) is 0 Å². The monoisotopic (exact) mass is 312 g/mol. The molecule has 1 aromatic heterocycles. The van der Waals surface area contributed by atoms with E-state index < -0.39 is 0 Å². The van der Waals surface area contributed by atoms with Gasteiger partial charge < -0.3 is 15.8 Å². The molecule has 1 unspecified atom stereocenters. The molecule has 0 aliphatic rings. The summed E-state index contributed by atoms with van der Waals surface area (Å²) in [7, 11) is 1.59. The highest BCUT2D eigenvalue weighted by atomic mass is 16.5. The molecule has 0 saturated carbocycles. The van der Waals surface area contributed by atoms with Crippen LogP contribution in [0.25, 0.3) is 0 Å². The first-order valence-electron chi connectivity index (χ1n) is 7.79. The van der Waals surface area contributed by atoms with Gasteiger partial charge >= 0.3 is 0 Å². The second kappa shape index (κ2) is 8.17. The van der Waals surface area contributed by atoms with E-state index in [1.165, 1.54) is 5.56 Å². The van der Waals surface area contributed by atoms with E-state index >= 15 is 0 Å². The fourth-order valence-corrected chi connectivity index (χ4v) is 2.14. The molecule has 0 spiro atoms. The predicted molar refractivity (Wildman–Crippen MR) is 94.9 cm³/mol.